The molecule has 2 rings (SSSR count). The highest BCUT2D eigenvalue weighted by Gasteiger charge is 2.27. The van der Waals surface area contributed by atoms with Crippen LogP contribution in [0, 0.1) is 0 Å². The van der Waals surface area contributed by atoms with Gasteiger partial charge in [0.05, 0.1) is 0 Å². The Balaban J connectivity index is 1.96. The average Bonchev–Trinajstić information content (AvgIpc) is 2.63. The molecule has 1 unspecified atom stereocenters. The Morgan fingerprint density at radius 3 is 2.94 bits per heavy atom. The van der Waals surface area contributed by atoms with Crippen molar-refractivity contribution in [2.24, 2.45) is 7.05 Å². The minimum Gasteiger partial charge on any atom is -0.310 e. The number of hydrogen-bond acceptors (Lipinski definition) is 3. The van der Waals surface area contributed by atoms with E-state index >= 15 is 0 Å². The van der Waals surface area contributed by atoms with Gasteiger partial charge in [0.1, 0.15) is 0 Å². The van der Waals surface area contributed by atoms with E-state index in [9.17, 15) is 0 Å². The van der Waals surface area contributed by atoms with Gasteiger partial charge in [0.15, 0.2) is 0 Å². The molecule has 102 valence electrons. The Labute approximate surface area is 110 Å². The summed E-state index contributed by atoms with van der Waals surface area (Å²) in [4.78, 5) is 2.60. The van der Waals surface area contributed by atoms with E-state index in [1.807, 2.05) is 17.9 Å². The van der Waals surface area contributed by atoms with E-state index < -0.39 is 0 Å². The van der Waals surface area contributed by atoms with Crippen LogP contribution >= 0.6 is 0 Å². The lowest BCUT2D eigenvalue weighted by molar-refractivity contribution is 0.182. The Bertz CT molecular complexity index is 383. The number of aryl methyl sites for hydroxylation is 1. The molecule has 1 N–H and O–H groups in total. The fraction of sp³-hybridized carbons (Fsp3) is 0.786. The lowest BCUT2D eigenvalue weighted by Gasteiger charge is -2.32. The first-order valence-corrected chi connectivity index (χ1v) is 6.94. The van der Waals surface area contributed by atoms with Crippen molar-refractivity contribution in [3.63, 3.8) is 0 Å². The van der Waals surface area contributed by atoms with E-state index in [-0.39, 0.29) is 5.54 Å². The molecule has 1 aliphatic rings. The van der Waals surface area contributed by atoms with Gasteiger partial charge in [-0.3, -0.25) is 9.58 Å². The maximum Gasteiger partial charge on any atom is 0.0492 e. The van der Waals surface area contributed by atoms with Crippen molar-refractivity contribution in [2.75, 3.05) is 19.6 Å². The van der Waals surface area contributed by atoms with Gasteiger partial charge >= 0.3 is 0 Å². The van der Waals surface area contributed by atoms with Crippen molar-refractivity contribution in [3.05, 3.63) is 18.0 Å². The number of hydrogen-bond donors (Lipinski definition) is 1. The molecule has 0 aromatic carbocycles. The summed E-state index contributed by atoms with van der Waals surface area (Å²) in [5, 5.41) is 7.86. The standard InChI is InChI=1S/C14H26N4/c1-12-5-8-15-14(2,3)11-18(12)10-7-13-6-9-16-17(13)4/h6,9,12,15H,5,7-8,10-11H2,1-4H3. The molecule has 0 bridgehead atoms. The largest absolute Gasteiger partial charge is 0.310 e. The molecule has 0 saturated carbocycles. The minimum absolute atomic E-state index is 0.219. The summed E-state index contributed by atoms with van der Waals surface area (Å²) in [7, 11) is 2.02. The Morgan fingerprint density at radius 1 is 1.50 bits per heavy atom. The third-order valence-corrected chi connectivity index (χ3v) is 3.96. The average molecular weight is 250 g/mol. The zero-order valence-corrected chi connectivity index (χ0v) is 12.1. The zero-order chi connectivity index (χ0) is 13.2. The fourth-order valence-electron chi connectivity index (χ4n) is 2.73. The van der Waals surface area contributed by atoms with Crippen molar-refractivity contribution in [2.45, 2.75) is 45.2 Å². The van der Waals surface area contributed by atoms with Crippen LogP contribution in [-0.4, -0.2) is 45.9 Å². The van der Waals surface area contributed by atoms with Crippen molar-refractivity contribution in [3.8, 4) is 0 Å². The van der Waals surface area contributed by atoms with Gasteiger partial charge in [0.25, 0.3) is 0 Å². The molecular formula is C14H26N4. The van der Waals surface area contributed by atoms with Gasteiger partial charge in [-0.1, -0.05) is 0 Å². The van der Waals surface area contributed by atoms with E-state index in [0.29, 0.717) is 6.04 Å². The highest BCUT2D eigenvalue weighted by Crippen LogP contribution is 2.16. The van der Waals surface area contributed by atoms with Gasteiger partial charge in [0.2, 0.25) is 0 Å². The van der Waals surface area contributed by atoms with Gasteiger partial charge < -0.3 is 5.32 Å². The molecule has 2 heterocycles. The second kappa shape index (κ2) is 5.41. The summed E-state index contributed by atoms with van der Waals surface area (Å²) in [5.74, 6) is 0. The van der Waals surface area contributed by atoms with Crippen molar-refractivity contribution in [1.29, 1.82) is 0 Å². The lowest BCUT2D eigenvalue weighted by Crippen LogP contribution is -2.48. The number of rotatable bonds is 3. The molecule has 4 nitrogen and oxygen atoms in total. The summed E-state index contributed by atoms with van der Waals surface area (Å²) in [5.41, 5.74) is 1.54. The van der Waals surface area contributed by atoms with Crippen LogP contribution in [0.4, 0.5) is 0 Å². The summed E-state index contributed by atoms with van der Waals surface area (Å²) in [6, 6.07) is 2.78. The van der Waals surface area contributed by atoms with Crippen LogP contribution in [0.1, 0.15) is 32.9 Å². The third-order valence-electron chi connectivity index (χ3n) is 3.96. The molecule has 0 amide bonds. The number of nitrogens with one attached hydrogen (secondary N) is 1. The first-order valence-electron chi connectivity index (χ1n) is 6.94. The topological polar surface area (TPSA) is 33.1 Å². The summed E-state index contributed by atoms with van der Waals surface area (Å²) in [6.45, 7) is 10.3. The van der Waals surface area contributed by atoms with E-state index in [1.54, 1.807) is 0 Å². The molecule has 0 radical (unpaired) electrons. The highest BCUT2D eigenvalue weighted by molar-refractivity contribution is 5.01. The first-order chi connectivity index (χ1) is 8.48. The molecule has 0 aliphatic carbocycles. The van der Waals surface area contributed by atoms with Crippen LogP contribution in [0.2, 0.25) is 0 Å². The van der Waals surface area contributed by atoms with Crippen molar-refractivity contribution < 1.29 is 0 Å². The Morgan fingerprint density at radius 2 is 2.28 bits per heavy atom. The quantitative estimate of drug-likeness (QED) is 0.881. The second-order valence-electron chi connectivity index (χ2n) is 6.11. The van der Waals surface area contributed by atoms with E-state index in [1.165, 1.54) is 12.1 Å². The van der Waals surface area contributed by atoms with Gasteiger partial charge in [0, 0.05) is 50.0 Å². The lowest BCUT2D eigenvalue weighted by atomic mass is 10.1. The fourth-order valence-corrected chi connectivity index (χ4v) is 2.73. The van der Waals surface area contributed by atoms with Gasteiger partial charge in [-0.25, -0.2) is 0 Å². The Kier molecular flexibility index (Phi) is 4.07. The smallest absolute Gasteiger partial charge is 0.0492 e. The van der Waals surface area contributed by atoms with Crippen LogP contribution in [-0.2, 0) is 13.5 Å². The Hall–Kier alpha value is -0.870. The highest BCUT2D eigenvalue weighted by atomic mass is 15.3. The molecule has 1 fully saturated rings. The maximum atomic E-state index is 4.23. The predicted molar refractivity (Wildman–Crippen MR) is 74.6 cm³/mol. The molecule has 0 spiro atoms. The van der Waals surface area contributed by atoms with Crippen LogP contribution in [0.25, 0.3) is 0 Å². The summed E-state index contributed by atoms with van der Waals surface area (Å²) >= 11 is 0. The van der Waals surface area contributed by atoms with Gasteiger partial charge in [-0.2, -0.15) is 5.10 Å². The van der Waals surface area contributed by atoms with E-state index in [2.05, 4.69) is 42.2 Å². The second-order valence-corrected chi connectivity index (χ2v) is 6.11. The summed E-state index contributed by atoms with van der Waals surface area (Å²) < 4.78 is 1.98. The molecule has 1 aromatic heterocycles. The maximum absolute atomic E-state index is 4.23. The van der Waals surface area contributed by atoms with Crippen LogP contribution < -0.4 is 5.32 Å². The molecule has 1 atom stereocenters. The molecule has 1 aromatic rings. The van der Waals surface area contributed by atoms with Crippen LogP contribution in [0.5, 0.6) is 0 Å². The van der Waals surface area contributed by atoms with Crippen molar-refractivity contribution >= 4 is 0 Å². The summed E-state index contributed by atoms with van der Waals surface area (Å²) in [6.07, 6.45) is 4.19. The minimum atomic E-state index is 0.219. The van der Waals surface area contributed by atoms with Crippen LogP contribution in [0.15, 0.2) is 12.3 Å². The number of nitrogens with zero attached hydrogens (tertiary/aromatic N) is 3. The predicted octanol–water partition coefficient (Wildman–Crippen LogP) is 1.42. The zero-order valence-electron chi connectivity index (χ0n) is 12.1. The molecule has 18 heavy (non-hydrogen) atoms. The SMILES string of the molecule is CC1CCNC(C)(C)CN1CCc1ccnn1C. The van der Waals surface area contributed by atoms with E-state index in [4.69, 9.17) is 0 Å². The first kappa shape index (κ1) is 13.6. The van der Waals surface area contributed by atoms with Gasteiger partial charge in [-0.05, 0) is 39.8 Å². The number of aromatic nitrogens is 2. The molecule has 1 saturated heterocycles. The monoisotopic (exact) mass is 250 g/mol. The van der Waals surface area contributed by atoms with E-state index in [0.717, 1.165) is 26.1 Å². The third kappa shape index (κ3) is 3.33. The molecule has 1 aliphatic heterocycles. The molecular weight excluding hydrogens is 224 g/mol. The van der Waals surface area contributed by atoms with Crippen LogP contribution in [0.3, 0.4) is 0 Å². The normalized spacial score (nSPS) is 25.0. The van der Waals surface area contributed by atoms with Gasteiger partial charge in [-0.15, -0.1) is 0 Å². The van der Waals surface area contributed by atoms with Crippen molar-refractivity contribution in [1.82, 2.24) is 20.0 Å². The molecule has 4 heteroatoms.